The maximum absolute atomic E-state index is 9.28. The van der Waals surface area contributed by atoms with Gasteiger partial charge in [-0.3, -0.25) is 0 Å². The summed E-state index contributed by atoms with van der Waals surface area (Å²) in [5.74, 6) is 0.364. The minimum Gasteiger partial charge on any atom is -0.392 e. The van der Waals surface area contributed by atoms with Gasteiger partial charge in [0.2, 0.25) is 0 Å². The Morgan fingerprint density at radius 3 is 2.56 bits per heavy atom. The Morgan fingerprint density at radius 2 is 2.06 bits per heavy atom. The van der Waals surface area contributed by atoms with Crippen molar-refractivity contribution in [2.24, 2.45) is 5.92 Å². The molecule has 94 valence electrons. The molecule has 1 aromatic heterocycles. The van der Waals surface area contributed by atoms with Crippen molar-refractivity contribution in [1.82, 2.24) is 9.55 Å². The summed E-state index contributed by atoms with van der Waals surface area (Å²) in [6.45, 7) is 4.28. The van der Waals surface area contributed by atoms with Crippen LogP contribution in [-0.4, -0.2) is 21.3 Å². The Bertz CT molecular complexity index is 510. The molecule has 0 radical (unpaired) electrons. The van der Waals surface area contributed by atoms with Crippen molar-refractivity contribution in [1.29, 1.82) is 0 Å². The second kappa shape index (κ2) is 5.65. The van der Waals surface area contributed by atoms with Gasteiger partial charge in [0.1, 0.15) is 0 Å². The van der Waals surface area contributed by atoms with Crippen LogP contribution in [0.25, 0.3) is 11.8 Å². The summed E-state index contributed by atoms with van der Waals surface area (Å²) in [4.78, 5) is 4.02. The maximum Gasteiger partial charge on any atom is 0.0991 e. The van der Waals surface area contributed by atoms with Crippen LogP contribution in [0, 0.1) is 5.92 Å². The predicted molar refractivity (Wildman–Crippen MR) is 73.5 cm³/mol. The number of imidazole rings is 1. The molecule has 0 spiro atoms. The minimum atomic E-state index is 0.112. The van der Waals surface area contributed by atoms with Crippen LogP contribution in [0.4, 0.5) is 0 Å². The van der Waals surface area contributed by atoms with Gasteiger partial charge >= 0.3 is 0 Å². The third-order valence-corrected chi connectivity index (χ3v) is 2.97. The number of rotatable bonds is 4. The molecule has 3 nitrogen and oxygen atoms in total. The molecule has 0 amide bonds. The minimum absolute atomic E-state index is 0.112. The van der Waals surface area contributed by atoms with Crippen molar-refractivity contribution in [3.8, 4) is 5.69 Å². The lowest BCUT2D eigenvalue weighted by Gasteiger charge is -2.08. The Morgan fingerprint density at radius 1 is 1.33 bits per heavy atom. The molecular formula is C15H18N2O. The Kier molecular flexibility index (Phi) is 3.95. The van der Waals surface area contributed by atoms with E-state index in [1.54, 1.807) is 12.5 Å². The third kappa shape index (κ3) is 2.87. The lowest BCUT2D eigenvalue weighted by Crippen LogP contribution is -1.98. The SMILES string of the molecule is CC(C)C(=Cc1ccc(-n2ccnc2)cc1)CO. The highest BCUT2D eigenvalue weighted by Gasteiger charge is 2.02. The van der Waals surface area contributed by atoms with Crippen molar-refractivity contribution in [3.63, 3.8) is 0 Å². The van der Waals surface area contributed by atoms with E-state index in [9.17, 15) is 5.11 Å². The van der Waals surface area contributed by atoms with E-state index < -0.39 is 0 Å². The summed E-state index contributed by atoms with van der Waals surface area (Å²) in [6.07, 6.45) is 7.50. The summed E-state index contributed by atoms with van der Waals surface area (Å²) in [5, 5.41) is 9.28. The van der Waals surface area contributed by atoms with Gasteiger partial charge in [0.05, 0.1) is 12.9 Å². The van der Waals surface area contributed by atoms with Gasteiger partial charge in [-0.2, -0.15) is 0 Å². The fraction of sp³-hybridized carbons (Fsp3) is 0.267. The maximum atomic E-state index is 9.28. The quantitative estimate of drug-likeness (QED) is 0.895. The van der Waals surface area contributed by atoms with Crippen molar-refractivity contribution in [3.05, 3.63) is 54.1 Å². The average molecular weight is 242 g/mol. The van der Waals surface area contributed by atoms with Crippen LogP contribution in [0.1, 0.15) is 19.4 Å². The molecule has 18 heavy (non-hydrogen) atoms. The number of nitrogens with zero attached hydrogens (tertiary/aromatic N) is 2. The van der Waals surface area contributed by atoms with E-state index in [2.05, 4.69) is 18.8 Å². The van der Waals surface area contributed by atoms with E-state index in [-0.39, 0.29) is 6.61 Å². The molecule has 0 aliphatic carbocycles. The first-order chi connectivity index (χ1) is 8.70. The molecule has 0 atom stereocenters. The molecule has 0 saturated carbocycles. The highest BCUT2D eigenvalue weighted by molar-refractivity contribution is 5.55. The van der Waals surface area contributed by atoms with Crippen LogP contribution in [0.2, 0.25) is 0 Å². The molecule has 2 rings (SSSR count). The fourth-order valence-corrected chi connectivity index (χ4v) is 1.76. The summed E-state index contributed by atoms with van der Waals surface area (Å²) < 4.78 is 1.96. The van der Waals surface area contributed by atoms with Crippen molar-refractivity contribution in [2.45, 2.75) is 13.8 Å². The molecule has 0 fully saturated rings. The number of hydrogen-bond acceptors (Lipinski definition) is 2. The summed E-state index contributed by atoms with van der Waals surface area (Å²) in [7, 11) is 0. The van der Waals surface area contributed by atoms with E-state index in [1.165, 1.54) is 0 Å². The van der Waals surface area contributed by atoms with E-state index in [1.807, 2.05) is 41.1 Å². The van der Waals surface area contributed by atoms with E-state index in [0.29, 0.717) is 5.92 Å². The molecule has 1 N–H and O–H groups in total. The van der Waals surface area contributed by atoms with Gasteiger partial charge in [0.15, 0.2) is 0 Å². The van der Waals surface area contributed by atoms with Gasteiger partial charge in [-0.05, 0) is 29.2 Å². The van der Waals surface area contributed by atoms with Gasteiger partial charge in [0.25, 0.3) is 0 Å². The molecule has 1 heterocycles. The Balaban J connectivity index is 2.23. The van der Waals surface area contributed by atoms with Crippen molar-refractivity contribution >= 4 is 6.08 Å². The first-order valence-electron chi connectivity index (χ1n) is 6.10. The topological polar surface area (TPSA) is 38.0 Å². The molecule has 1 aromatic carbocycles. The number of hydrogen-bond donors (Lipinski definition) is 1. The molecule has 0 saturated heterocycles. The lowest BCUT2D eigenvalue weighted by atomic mass is 10.0. The van der Waals surface area contributed by atoms with Crippen molar-refractivity contribution in [2.75, 3.05) is 6.61 Å². The van der Waals surface area contributed by atoms with Crippen LogP contribution >= 0.6 is 0 Å². The smallest absolute Gasteiger partial charge is 0.0991 e. The highest BCUT2D eigenvalue weighted by atomic mass is 16.3. The fourth-order valence-electron chi connectivity index (χ4n) is 1.76. The average Bonchev–Trinajstić information content (AvgIpc) is 2.90. The first kappa shape index (κ1) is 12.6. The van der Waals surface area contributed by atoms with Gasteiger partial charge in [0, 0.05) is 18.1 Å². The second-order valence-electron chi connectivity index (χ2n) is 4.59. The number of aliphatic hydroxyl groups is 1. The van der Waals surface area contributed by atoms with Crippen LogP contribution in [0.15, 0.2) is 48.6 Å². The Labute approximate surface area is 107 Å². The molecule has 3 heteroatoms. The zero-order valence-corrected chi connectivity index (χ0v) is 10.7. The van der Waals surface area contributed by atoms with E-state index in [4.69, 9.17) is 0 Å². The normalized spacial score (nSPS) is 12.1. The number of benzene rings is 1. The number of aliphatic hydroxyl groups excluding tert-OH is 1. The van der Waals surface area contributed by atoms with Gasteiger partial charge in [-0.1, -0.05) is 32.1 Å². The van der Waals surface area contributed by atoms with Gasteiger partial charge in [-0.25, -0.2) is 4.98 Å². The first-order valence-corrected chi connectivity index (χ1v) is 6.10. The summed E-state index contributed by atoms with van der Waals surface area (Å²) in [5.41, 5.74) is 3.24. The van der Waals surface area contributed by atoms with Crippen LogP contribution in [-0.2, 0) is 0 Å². The van der Waals surface area contributed by atoms with Crippen molar-refractivity contribution < 1.29 is 5.11 Å². The third-order valence-electron chi connectivity index (χ3n) is 2.97. The number of aromatic nitrogens is 2. The van der Waals surface area contributed by atoms with Crippen LogP contribution in [0.3, 0.4) is 0 Å². The monoisotopic (exact) mass is 242 g/mol. The second-order valence-corrected chi connectivity index (χ2v) is 4.59. The molecule has 0 aliphatic rings. The molecular weight excluding hydrogens is 224 g/mol. The molecule has 0 unspecified atom stereocenters. The molecule has 0 bridgehead atoms. The molecule has 2 aromatic rings. The van der Waals surface area contributed by atoms with Gasteiger partial charge < -0.3 is 9.67 Å². The van der Waals surface area contributed by atoms with E-state index >= 15 is 0 Å². The summed E-state index contributed by atoms with van der Waals surface area (Å²) in [6, 6.07) is 8.19. The largest absolute Gasteiger partial charge is 0.392 e. The van der Waals surface area contributed by atoms with Crippen LogP contribution in [0.5, 0.6) is 0 Å². The zero-order valence-electron chi connectivity index (χ0n) is 10.7. The zero-order chi connectivity index (χ0) is 13.0. The highest BCUT2D eigenvalue weighted by Crippen LogP contribution is 2.16. The standard InChI is InChI=1S/C15H18N2O/c1-12(2)14(10-18)9-13-3-5-15(6-4-13)17-8-7-16-11-17/h3-9,11-12,18H,10H2,1-2H3. The van der Waals surface area contributed by atoms with Gasteiger partial charge in [-0.15, -0.1) is 0 Å². The lowest BCUT2D eigenvalue weighted by molar-refractivity contribution is 0.320. The van der Waals surface area contributed by atoms with Crippen LogP contribution < -0.4 is 0 Å². The van der Waals surface area contributed by atoms with E-state index in [0.717, 1.165) is 16.8 Å². The molecule has 0 aliphatic heterocycles. The summed E-state index contributed by atoms with van der Waals surface area (Å²) >= 11 is 0. The predicted octanol–water partition coefficient (Wildman–Crippen LogP) is 2.90. The Hall–Kier alpha value is -1.87.